The summed E-state index contributed by atoms with van der Waals surface area (Å²) >= 11 is 0. The molecule has 5 heteroatoms. The van der Waals surface area contributed by atoms with Crippen LogP contribution >= 0.6 is 0 Å². The highest BCUT2D eigenvalue weighted by Gasteiger charge is 2.28. The molecule has 1 fully saturated rings. The number of amides is 1. The molecule has 150 valence electrons. The number of nitrogens with zero attached hydrogens (tertiary/aromatic N) is 2. The van der Waals surface area contributed by atoms with Gasteiger partial charge in [-0.1, -0.05) is 24.3 Å². The minimum atomic E-state index is 0.0808. The molecule has 0 aliphatic carbocycles. The molecule has 0 saturated carbocycles. The molecule has 1 aliphatic heterocycles. The summed E-state index contributed by atoms with van der Waals surface area (Å²) in [6, 6.07) is 13.5. The summed E-state index contributed by atoms with van der Waals surface area (Å²) < 4.78 is 11.0. The fourth-order valence-electron chi connectivity index (χ4n) is 3.70. The van der Waals surface area contributed by atoms with E-state index in [0.717, 1.165) is 37.3 Å². The van der Waals surface area contributed by atoms with Crippen molar-refractivity contribution in [3.8, 4) is 22.6 Å². The molecule has 28 heavy (non-hydrogen) atoms. The first-order valence-electron chi connectivity index (χ1n) is 9.71. The van der Waals surface area contributed by atoms with Crippen molar-refractivity contribution in [2.24, 2.45) is 0 Å². The number of para-hydroxylation sites is 1. The van der Waals surface area contributed by atoms with E-state index in [1.807, 2.05) is 47.4 Å². The number of benzene rings is 2. The largest absolute Gasteiger partial charge is 0.493 e. The molecule has 0 atom stereocenters. The Morgan fingerprint density at radius 3 is 2.21 bits per heavy atom. The van der Waals surface area contributed by atoms with Crippen LogP contribution in [0.3, 0.4) is 0 Å². The van der Waals surface area contributed by atoms with E-state index < -0.39 is 0 Å². The summed E-state index contributed by atoms with van der Waals surface area (Å²) in [5.41, 5.74) is 2.69. The second kappa shape index (κ2) is 8.23. The van der Waals surface area contributed by atoms with Crippen molar-refractivity contribution < 1.29 is 14.3 Å². The number of carbonyl (C=O) groups is 1. The van der Waals surface area contributed by atoms with Crippen LogP contribution in [0.25, 0.3) is 11.1 Å². The molecule has 3 rings (SSSR count). The number of hydrogen-bond acceptors (Lipinski definition) is 4. The summed E-state index contributed by atoms with van der Waals surface area (Å²) in [6.07, 6.45) is 0. The molecule has 1 amide bonds. The van der Waals surface area contributed by atoms with Crippen molar-refractivity contribution in [3.05, 3.63) is 48.0 Å². The molecule has 0 spiro atoms. The third kappa shape index (κ3) is 4.14. The topological polar surface area (TPSA) is 42.0 Å². The Morgan fingerprint density at radius 2 is 1.61 bits per heavy atom. The van der Waals surface area contributed by atoms with Gasteiger partial charge in [-0.05, 0) is 44.5 Å². The molecule has 0 aromatic heterocycles. The van der Waals surface area contributed by atoms with Crippen LogP contribution in [0, 0.1) is 0 Å². The van der Waals surface area contributed by atoms with Crippen molar-refractivity contribution in [1.82, 2.24) is 9.80 Å². The van der Waals surface area contributed by atoms with Crippen LogP contribution in [-0.2, 0) is 0 Å². The van der Waals surface area contributed by atoms with E-state index >= 15 is 0 Å². The van der Waals surface area contributed by atoms with Crippen LogP contribution in [-0.4, -0.2) is 61.6 Å². The van der Waals surface area contributed by atoms with Crippen molar-refractivity contribution in [2.75, 3.05) is 40.4 Å². The fourth-order valence-corrected chi connectivity index (χ4v) is 3.70. The summed E-state index contributed by atoms with van der Waals surface area (Å²) in [4.78, 5) is 17.4. The van der Waals surface area contributed by atoms with Gasteiger partial charge in [0.2, 0.25) is 0 Å². The predicted molar refractivity (Wildman–Crippen MR) is 112 cm³/mol. The lowest BCUT2D eigenvalue weighted by atomic mass is 10.0. The van der Waals surface area contributed by atoms with E-state index in [-0.39, 0.29) is 11.4 Å². The Hall–Kier alpha value is -2.53. The Labute approximate surface area is 167 Å². The third-order valence-corrected chi connectivity index (χ3v) is 5.34. The zero-order valence-corrected chi connectivity index (χ0v) is 17.5. The summed E-state index contributed by atoms with van der Waals surface area (Å²) in [6.45, 7) is 9.96. The van der Waals surface area contributed by atoms with Gasteiger partial charge in [-0.2, -0.15) is 0 Å². The van der Waals surface area contributed by atoms with Gasteiger partial charge < -0.3 is 14.4 Å². The summed E-state index contributed by atoms with van der Waals surface area (Å²) in [5, 5.41) is 0. The van der Waals surface area contributed by atoms with Crippen LogP contribution < -0.4 is 9.47 Å². The van der Waals surface area contributed by atoms with E-state index in [1.54, 1.807) is 14.2 Å². The van der Waals surface area contributed by atoms with Gasteiger partial charge in [0.05, 0.1) is 14.2 Å². The molecular formula is C23H30N2O3. The van der Waals surface area contributed by atoms with Gasteiger partial charge in [0.1, 0.15) is 0 Å². The molecule has 5 nitrogen and oxygen atoms in total. The van der Waals surface area contributed by atoms with Gasteiger partial charge in [0.25, 0.3) is 5.91 Å². The average molecular weight is 383 g/mol. The lowest BCUT2D eigenvalue weighted by Crippen LogP contribution is -2.54. The molecule has 0 unspecified atom stereocenters. The van der Waals surface area contributed by atoms with Gasteiger partial charge in [-0.25, -0.2) is 0 Å². The first-order valence-corrected chi connectivity index (χ1v) is 9.71. The number of piperazine rings is 1. The highest BCUT2D eigenvalue weighted by Crippen LogP contribution is 2.38. The first kappa shape index (κ1) is 20.2. The normalized spacial score (nSPS) is 15.4. The van der Waals surface area contributed by atoms with Gasteiger partial charge in [0, 0.05) is 42.8 Å². The monoisotopic (exact) mass is 382 g/mol. The molecule has 2 aromatic carbocycles. The quantitative estimate of drug-likeness (QED) is 0.804. The molecule has 1 saturated heterocycles. The lowest BCUT2D eigenvalue weighted by Gasteiger charge is -2.42. The average Bonchev–Trinajstić information content (AvgIpc) is 2.72. The Balaban J connectivity index is 1.82. The van der Waals surface area contributed by atoms with Crippen molar-refractivity contribution >= 4 is 5.91 Å². The molecule has 0 bridgehead atoms. The number of hydrogen-bond donors (Lipinski definition) is 0. The van der Waals surface area contributed by atoms with Gasteiger partial charge >= 0.3 is 0 Å². The highest BCUT2D eigenvalue weighted by molar-refractivity contribution is 5.96. The van der Waals surface area contributed by atoms with E-state index in [0.29, 0.717) is 17.1 Å². The lowest BCUT2D eigenvalue weighted by molar-refractivity contribution is 0.0451. The van der Waals surface area contributed by atoms with Crippen molar-refractivity contribution in [2.45, 2.75) is 26.3 Å². The van der Waals surface area contributed by atoms with E-state index in [9.17, 15) is 4.79 Å². The molecule has 0 N–H and O–H groups in total. The van der Waals surface area contributed by atoms with Gasteiger partial charge in [-0.3, -0.25) is 9.69 Å². The van der Waals surface area contributed by atoms with Crippen LogP contribution in [0.2, 0.25) is 0 Å². The van der Waals surface area contributed by atoms with E-state index in [2.05, 4.69) is 25.7 Å². The number of methoxy groups -OCH3 is 2. The third-order valence-electron chi connectivity index (χ3n) is 5.34. The Morgan fingerprint density at radius 1 is 0.929 bits per heavy atom. The summed E-state index contributed by atoms with van der Waals surface area (Å²) in [5.74, 6) is 1.43. The van der Waals surface area contributed by atoms with E-state index in [1.165, 1.54) is 0 Å². The maximum Gasteiger partial charge on any atom is 0.253 e. The molecule has 0 radical (unpaired) electrons. The molecular weight excluding hydrogens is 352 g/mol. The first-order chi connectivity index (χ1) is 13.3. The zero-order valence-electron chi connectivity index (χ0n) is 17.5. The van der Waals surface area contributed by atoms with E-state index in [4.69, 9.17) is 9.47 Å². The second-order valence-corrected chi connectivity index (χ2v) is 8.07. The number of carbonyl (C=O) groups excluding carboxylic acids is 1. The minimum Gasteiger partial charge on any atom is -0.493 e. The second-order valence-electron chi connectivity index (χ2n) is 8.07. The maximum absolute atomic E-state index is 13.1. The van der Waals surface area contributed by atoms with Crippen molar-refractivity contribution in [3.63, 3.8) is 0 Å². The zero-order chi connectivity index (χ0) is 20.3. The van der Waals surface area contributed by atoms with Gasteiger partial charge in [0.15, 0.2) is 11.5 Å². The molecule has 1 aliphatic rings. The molecule has 2 aromatic rings. The van der Waals surface area contributed by atoms with Gasteiger partial charge in [-0.15, -0.1) is 0 Å². The van der Waals surface area contributed by atoms with Crippen LogP contribution in [0.5, 0.6) is 11.5 Å². The highest BCUT2D eigenvalue weighted by atomic mass is 16.5. The van der Waals surface area contributed by atoms with Crippen molar-refractivity contribution in [1.29, 1.82) is 0 Å². The maximum atomic E-state index is 13.1. The summed E-state index contributed by atoms with van der Waals surface area (Å²) in [7, 11) is 3.25. The van der Waals surface area contributed by atoms with Crippen LogP contribution in [0.1, 0.15) is 31.1 Å². The Bertz CT molecular complexity index is 834. The van der Waals surface area contributed by atoms with Crippen LogP contribution in [0.4, 0.5) is 0 Å². The standard InChI is InChI=1S/C23H30N2O3/c1-23(2,3)25-14-12-24(13-15-25)22(26)18-9-6-8-17(16-18)19-10-7-11-20(27-4)21(19)28-5/h6-11,16H,12-15H2,1-5H3. The Kier molecular flexibility index (Phi) is 5.94. The minimum absolute atomic E-state index is 0.0808. The number of rotatable bonds is 4. The molecule has 1 heterocycles. The van der Waals surface area contributed by atoms with Crippen LogP contribution in [0.15, 0.2) is 42.5 Å². The fraction of sp³-hybridized carbons (Fsp3) is 0.435. The smallest absolute Gasteiger partial charge is 0.253 e. The number of ether oxygens (including phenoxy) is 2. The predicted octanol–water partition coefficient (Wildman–Crippen LogP) is 3.93. The SMILES string of the molecule is COc1cccc(-c2cccc(C(=O)N3CCN(C(C)(C)C)CC3)c2)c1OC.